The predicted molar refractivity (Wildman–Crippen MR) is 110 cm³/mol. The Labute approximate surface area is 162 Å². The lowest BCUT2D eigenvalue weighted by molar-refractivity contribution is 0.509. The molecule has 0 saturated carbocycles. The molecule has 3 heterocycles. The quantitative estimate of drug-likeness (QED) is 0.505. The van der Waals surface area contributed by atoms with Gasteiger partial charge in [0, 0.05) is 54.3 Å². The molecule has 0 saturated heterocycles. The van der Waals surface area contributed by atoms with E-state index in [1.54, 1.807) is 12.4 Å². The van der Waals surface area contributed by atoms with Gasteiger partial charge in [-0.05, 0) is 49.4 Å². The van der Waals surface area contributed by atoms with Gasteiger partial charge in [0.05, 0.1) is 0 Å². The molecule has 4 aromatic rings. The molecule has 5 rings (SSSR count). The maximum Gasteiger partial charge on any atom is 0.159 e. The van der Waals surface area contributed by atoms with E-state index in [1.165, 1.54) is 0 Å². The summed E-state index contributed by atoms with van der Waals surface area (Å²) in [7, 11) is 2.07. The Morgan fingerprint density at radius 1 is 1.04 bits per heavy atom. The van der Waals surface area contributed by atoms with E-state index in [1.807, 2.05) is 43.3 Å². The zero-order valence-electron chi connectivity index (χ0n) is 15.7. The summed E-state index contributed by atoms with van der Waals surface area (Å²) in [5, 5.41) is 1.08. The van der Waals surface area contributed by atoms with Crippen molar-refractivity contribution in [3.05, 3.63) is 78.3 Å². The number of hydrogen-bond donors (Lipinski definition) is 0. The monoisotopic (exact) mass is 369 g/mol. The van der Waals surface area contributed by atoms with Gasteiger partial charge in [-0.3, -0.25) is 0 Å². The van der Waals surface area contributed by atoms with Crippen LogP contribution in [0.4, 0.5) is 5.69 Å². The zero-order valence-corrected chi connectivity index (χ0v) is 15.7. The maximum atomic E-state index is 6.24. The Hall–Kier alpha value is -3.60. The molecule has 5 heteroatoms. The fraction of sp³-hybridized carbons (Fsp3) is 0.130. The third-order valence-electron chi connectivity index (χ3n) is 4.89. The van der Waals surface area contributed by atoms with Crippen molar-refractivity contribution in [3.63, 3.8) is 0 Å². The molecule has 0 radical (unpaired) electrons. The number of furan rings is 1. The van der Waals surface area contributed by atoms with Gasteiger partial charge in [-0.1, -0.05) is 6.07 Å². The molecule has 2 aromatic carbocycles. The summed E-state index contributed by atoms with van der Waals surface area (Å²) >= 11 is 0. The fourth-order valence-corrected chi connectivity index (χ4v) is 3.50. The Bertz CT molecular complexity index is 1200. The van der Waals surface area contributed by atoms with Crippen LogP contribution in [-0.4, -0.2) is 23.6 Å². The molecule has 0 aliphatic carbocycles. The van der Waals surface area contributed by atoms with Gasteiger partial charge in [0.2, 0.25) is 0 Å². The highest BCUT2D eigenvalue weighted by atomic mass is 16.5. The van der Waals surface area contributed by atoms with Gasteiger partial charge in [-0.2, -0.15) is 0 Å². The Morgan fingerprint density at radius 2 is 1.89 bits per heavy atom. The lowest BCUT2D eigenvalue weighted by Gasteiger charge is -2.27. The number of nitrogens with zero attached hydrogens (tertiary/aromatic N) is 3. The first-order valence-electron chi connectivity index (χ1n) is 9.18. The zero-order chi connectivity index (χ0) is 19.1. The maximum absolute atomic E-state index is 6.24. The minimum absolute atomic E-state index is 0.717. The minimum Gasteiger partial charge on any atom is -0.461 e. The molecule has 0 fully saturated rings. The summed E-state index contributed by atoms with van der Waals surface area (Å²) in [5.74, 6) is 3.22. The normalized spacial score (nSPS) is 13.4. The third-order valence-corrected chi connectivity index (χ3v) is 4.89. The van der Waals surface area contributed by atoms with Crippen molar-refractivity contribution in [2.24, 2.45) is 0 Å². The second kappa shape index (κ2) is 6.53. The molecule has 0 spiro atoms. The molecule has 1 aliphatic heterocycles. The van der Waals surface area contributed by atoms with Crippen LogP contribution in [0.25, 0.3) is 28.1 Å². The van der Waals surface area contributed by atoms with Gasteiger partial charge in [-0.25, -0.2) is 9.97 Å². The predicted octanol–water partition coefficient (Wildman–Crippen LogP) is 5.07. The summed E-state index contributed by atoms with van der Waals surface area (Å²) in [4.78, 5) is 10.9. The molecular formula is C23H19N3O2. The number of ether oxygens (including phenoxy) is 1. The van der Waals surface area contributed by atoms with E-state index in [2.05, 4.69) is 40.1 Å². The number of aromatic nitrogens is 2. The SMILES string of the molecule is Cc1cc2ccc(OC3=CCN(C)c4cc(-c5ncccn5)ccc43)cc2o1. The minimum atomic E-state index is 0.717. The smallest absolute Gasteiger partial charge is 0.159 e. The van der Waals surface area contributed by atoms with Crippen LogP contribution in [0.3, 0.4) is 0 Å². The van der Waals surface area contributed by atoms with E-state index in [-0.39, 0.29) is 0 Å². The van der Waals surface area contributed by atoms with E-state index in [4.69, 9.17) is 9.15 Å². The number of anilines is 1. The first kappa shape index (κ1) is 16.6. The molecule has 138 valence electrons. The van der Waals surface area contributed by atoms with Crippen molar-refractivity contribution < 1.29 is 9.15 Å². The van der Waals surface area contributed by atoms with Crippen molar-refractivity contribution in [3.8, 4) is 17.1 Å². The number of likely N-dealkylation sites (N-methyl/N-ethyl adjacent to an activating group) is 1. The number of benzene rings is 2. The van der Waals surface area contributed by atoms with Crippen LogP contribution in [0.15, 0.2) is 71.4 Å². The number of fused-ring (bicyclic) bond motifs is 2. The van der Waals surface area contributed by atoms with E-state index in [0.29, 0.717) is 0 Å². The van der Waals surface area contributed by atoms with E-state index < -0.39 is 0 Å². The summed E-state index contributed by atoms with van der Waals surface area (Å²) in [6.45, 7) is 2.72. The van der Waals surface area contributed by atoms with Crippen LogP contribution in [0, 0.1) is 6.92 Å². The highest BCUT2D eigenvalue weighted by molar-refractivity contribution is 5.83. The van der Waals surface area contributed by atoms with Gasteiger partial charge in [0.15, 0.2) is 5.82 Å². The Kier molecular flexibility index (Phi) is 3.86. The van der Waals surface area contributed by atoms with Gasteiger partial charge >= 0.3 is 0 Å². The molecule has 1 aliphatic rings. The molecule has 0 N–H and O–H groups in total. The molecule has 0 unspecified atom stereocenters. The molecular weight excluding hydrogens is 350 g/mol. The van der Waals surface area contributed by atoms with E-state index in [0.717, 1.165) is 57.4 Å². The summed E-state index contributed by atoms with van der Waals surface area (Å²) in [6.07, 6.45) is 5.61. The van der Waals surface area contributed by atoms with Crippen molar-refractivity contribution in [2.75, 3.05) is 18.5 Å². The Morgan fingerprint density at radius 3 is 2.75 bits per heavy atom. The van der Waals surface area contributed by atoms with Crippen molar-refractivity contribution in [1.82, 2.24) is 9.97 Å². The average Bonchev–Trinajstić information content (AvgIpc) is 3.10. The summed E-state index contributed by atoms with van der Waals surface area (Å²) < 4.78 is 12.0. The van der Waals surface area contributed by atoms with Gasteiger partial charge in [0.25, 0.3) is 0 Å². The molecule has 2 aromatic heterocycles. The molecule has 0 atom stereocenters. The van der Waals surface area contributed by atoms with E-state index in [9.17, 15) is 0 Å². The lowest BCUT2D eigenvalue weighted by Crippen LogP contribution is -2.23. The van der Waals surface area contributed by atoms with Crippen molar-refractivity contribution >= 4 is 22.4 Å². The topological polar surface area (TPSA) is 51.4 Å². The molecule has 0 bridgehead atoms. The first-order chi connectivity index (χ1) is 13.7. The largest absolute Gasteiger partial charge is 0.461 e. The van der Waals surface area contributed by atoms with Crippen molar-refractivity contribution in [1.29, 1.82) is 0 Å². The van der Waals surface area contributed by atoms with Crippen LogP contribution in [0.5, 0.6) is 5.75 Å². The van der Waals surface area contributed by atoms with E-state index >= 15 is 0 Å². The van der Waals surface area contributed by atoms with Crippen molar-refractivity contribution in [2.45, 2.75) is 6.92 Å². The summed E-state index contributed by atoms with van der Waals surface area (Å²) in [5.41, 5.74) is 3.96. The van der Waals surface area contributed by atoms with Crippen LogP contribution in [0.2, 0.25) is 0 Å². The third kappa shape index (κ3) is 2.91. The first-order valence-corrected chi connectivity index (χ1v) is 9.18. The second-order valence-electron chi connectivity index (χ2n) is 6.91. The lowest BCUT2D eigenvalue weighted by atomic mass is 10.0. The van der Waals surface area contributed by atoms with Crippen LogP contribution >= 0.6 is 0 Å². The second-order valence-corrected chi connectivity index (χ2v) is 6.91. The number of rotatable bonds is 3. The highest BCUT2D eigenvalue weighted by Crippen LogP contribution is 2.35. The van der Waals surface area contributed by atoms with Crippen LogP contribution in [0.1, 0.15) is 11.3 Å². The fourth-order valence-electron chi connectivity index (χ4n) is 3.50. The molecule has 0 amide bonds. The Balaban J connectivity index is 1.50. The standard InChI is InChI=1S/C23H19N3O2/c1-15-12-16-4-6-18(14-22(16)27-15)28-21-8-11-26(2)20-13-17(5-7-19(20)21)23-24-9-3-10-25-23/h3-10,12-14H,11H2,1-2H3. The molecule has 5 nitrogen and oxygen atoms in total. The molecule has 28 heavy (non-hydrogen) atoms. The number of aryl methyl sites for hydroxylation is 1. The highest BCUT2D eigenvalue weighted by Gasteiger charge is 2.19. The van der Waals surface area contributed by atoms with Gasteiger partial charge in [0.1, 0.15) is 22.9 Å². The van der Waals surface area contributed by atoms with Gasteiger partial charge in [-0.15, -0.1) is 0 Å². The average molecular weight is 369 g/mol. The van der Waals surface area contributed by atoms with Crippen LogP contribution in [-0.2, 0) is 0 Å². The number of hydrogen-bond acceptors (Lipinski definition) is 5. The van der Waals surface area contributed by atoms with Gasteiger partial charge < -0.3 is 14.1 Å². The van der Waals surface area contributed by atoms with Crippen LogP contribution < -0.4 is 9.64 Å². The summed E-state index contributed by atoms with van der Waals surface area (Å²) in [6, 6.07) is 16.0.